The number of hydrogen-bond donors (Lipinski definition) is 2. The molecule has 152 valence electrons. The molecule has 0 saturated heterocycles. The zero-order valence-corrected chi connectivity index (χ0v) is 16.8. The van der Waals surface area contributed by atoms with E-state index in [4.69, 9.17) is 10.5 Å². The summed E-state index contributed by atoms with van der Waals surface area (Å²) in [6.07, 6.45) is 3.02. The van der Waals surface area contributed by atoms with Crippen molar-refractivity contribution in [3.8, 4) is 0 Å². The minimum absolute atomic E-state index is 0.203. The predicted octanol–water partition coefficient (Wildman–Crippen LogP) is 4.59. The molecular weight excluding hydrogens is 372 g/mol. The highest BCUT2D eigenvalue weighted by Crippen LogP contribution is 2.28. The van der Waals surface area contributed by atoms with E-state index < -0.39 is 6.04 Å². The van der Waals surface area contributed by atoms with Crippen LogP contribution in [0.2, 0.25) is 0 Å². The molecule has 0 spiro atoms. The smallest absolute Gasteiger partial charge is 0.242 e. The van der Waals surface area contributed by atoms with Crippen LogP contribution in [0.1, 0.15) is 29.0 Å². The van der Waals surface area contributed by atoms with Gasteiger partial charge in [-0.05, 0) is 40.8 Å². The zero-order chi connectivity index (χ0) is 20.8. The van der Waals surface area contributed by atoms with Crippen LogP contribution < -0.4 is 11.1 Å². The Balaban J connectivity index is 1.52. The molecule has 1 heterocycles. The number of hydrogen-bond acceptors (Lipinski definition) is 3. The van der Waals surface area contributed by atoms with E-state index in [1.54, 1.807) is 0 Å². The Bertz CT molecular complexity index is 959. The summed E-state index contributed by atoms with van der Waals surface area (Å²) in [7, 11) is 0. The molecule has 0 bridgehead atoms. The Morgan fingerprint density at radius 3 is 2.00 bits per heavy atom. The Morgan fingerprint density at radius 1 is 0.867 bits per heavy atom. The molecule has 3 aromatic carbocycles. The first-order chi connectivity index (χ1) is 14.7. The van der Waals surface area contributed by atoms with Gasteiger partial charge in [0.1, 0.15) is 0 Å². The summed E-state index contributed by atoms with van der Waals surface area (Å²) in [5, 5.41) is 2.98. The highest BCUT2D eigenvalue weighted by Gasteiger charge is 2.27. The summed E-state index contributed by atoms with van der Waals surface area (Å²) in [6, 6.07) is 27.1. The third-order valence-corrected chi connectivity index (χ3v) is 5.47. The fourth-order valence-electron chi connectivity index (χ4n) is 3.86. The summed E-state index contributed by atoms with van der Waals surface area (Å²) in [4.78, 5) is 13.0. The Hall–Kier alpha value is -3.21. The largest absolute Gasteiger partial charge is 0.377 e. The fourth-order valence-corrected chi connectivity index (χ4v) is 3.86. The molecule has 1 atom stereocenters. The normalized spacial score (nSPS) is 14.8. The maximum atomic E-state index is 13.0. The number of benzene rings is 3. The number of nitrogens with two attached hydrogens (primary N) is 1. The van der Waals surface area contributed by atoms with Gasteiger partial charge in [-0.25, -0.2) is 0 Å². The molecule has 1 aliphatic rings. The van der Waals surface area contributed by atoms with E-state index in [1.807, 2.05) is 84.9 Å². The van der Waals surface area contributed by atoms with E-state index in [-0.39, 0.29) is 11.8 Å². The minimum atomic E-state index is -0.715. The number of ether oxygens (including phenoxy) is 1. The van der Waals surface area contributed by atoms with Gasteiger partial charge < -0.3 is 15.8 Å². The molecule has 0 fully saturated rings. The van der Waals surface area contributed by atoms with Gasteiger partial charge in [0, 0.05) is 11.6 Å². The number of nitrogens with one attached hydrogen (secondary N) is 1. The molecule has 3 aromatic rings. The molecule has 1 amide bonds. The Morgan fingerprint density at radius 2 is 1.47 bits per heavy atom. The maximum absolute atomic E-state index is 13.0. The van der Waals surface area contributed by atoms with E-state index >= 15 is 0 Å². The third-order valence-electron chi connectivity index (χ3n) is 5.47. The number of rotatable bonds is 6. The SMILES string of the molecule is NC(C(=O)Nc1ccc(C2=CCOCC2)cc1)C(c1ccccc1)c1ccccc1. The van der Waals surface area contributed by atoms with Gasteiger partial charge in [0.15, 0.2) is 0 Å². The average Bonchev–Trinajstić information content (AvgIpc) is 2.82. The molecule has 0 aromatic heterocycles. The van der Waals surface area contributed by atoms with Crippen molar-refractivity contribution in [1.29, 1.82) is 0 Å². The van der Waals surface area contributed by atoms with Gasteiger partial charge >= 0.3 is 0 Å². The van der Waals surface area contributed by atoms with Crippen LogP contribution in [0.15, 0.2) is 91.0 Å². The van der Waals surface area contributed by atoms with Gasteiger partial charge in [0.2, 0.25) is 5.91 Å². The van der Waals surface area contributed by atoms with Crippen LogP contribution in [0.4, 0.5) is 5.69 Å². The molecule has 0 radical (unpaired) electrons. The monoisotopic (exact) mass is 398 g/mol. The van der Waals surface area contributed by atoms with Gasteiger partial charge in [-0.1, -0.05) is 78.9 Å². The molecule has 4 nitrogen and oxygen atoms in total. The van der Waals surface area contributed by atoms with Crippen LogP contribution in [0, 0.1) is 0 Å². The number of carbonyl (C=O) groups excluding carboxylic acids is 1. The standard InChI is InChI=1S/C26H26N2O2/c27-25(24(21-7-3-1-4-8-21)22-9-5-2-6-10-22)26(29)28-23-13-11-19(12-14-23)20-15-17-30-18-16-20/h1-15,24-25H,16-18,27H2,(H,28,29). The molecule has 3 N–H and O–H groups in total. The van der Waals surface area contributed by atoms with Crippen molar-refractivity contribution >= 4 is 17.2 Å². The van der Waals surface area contributed by atoms with E-state index in [1.165, 1.54) is 5.57 Å². The summed E-state index contributed by atoms with van der Waals surface area (Å²) in [5.74, 6) is -0.426. The summed E-state index contributed by atoms with van der Waals surface area (Å²) < 4.78 is 5.37. The predicted molar refractivity (Wildman–Crippen MR) is 121 cm³/mol. The molecule has 30 heavy (non-hydrogen) atoms. The summed E-state index contributed by atoms with van der Waals surface area (Å²) >= 11 is 0. The second kappa shape index (κ2) is 9.53. The van der Waals surface area contributed by atoms with Crippen molar-refractivity contribution in [2.24, 2.45) is 5.73 Å². The van der Waals surface area contributed by atoms with Crippen molar-refractivity contribution < 1.29 is 9.53 Å². The highest BCUT2D eigenvalue weighted by molar-refractivity contribution is 5.96. The topological polar surface area (TPSA) is 64.4 Å². The lowest BCUT2D eigenvalue weighted by Crippen LogP contribution is -2.41. The van der Waals surface area contributed by atoms with Crippen molar-refractivity contribution in [2.75, 3.05) is 18.5 Å². The lowest BCUT2D eigenvalue weighted by molar-refractivity contribution is -0.117. The lowest BCUT2D eigenvalue weighted by atomic mass is 9.85. The fraction of sp³-hybridized carbons (Fsp3) is 0.192. The van der Waals surface area contributed by atoms with Gasteiger partial charge in [-0.2, -0.15) is 0 Å². The van der Waals surface area contributed by atoms with Gasteiger partial charge in [0.25, 0.3) is 0 Å². The molecule has 1 aliphatic heterocycles. The third kappa shape index (κ3) is 4.67. The first kappa shape index (κ1) is 20.1. The van der Waals surface area contributed by atoms with E-state index in [2.05, 4.69) is 11.4 Å². The second-order valence-corrected chi connectivity index (χ2v) is 7.45. The van der Waals surface area contributed by atoms with E-state index in [0.29, 0.717) is 6.61 Å². The molecule has 0 aliphatic carbocycles. The van der Waals surface area contributed by atoms with Crippen molar-refractivity contribution in [2.45, 2.75) is 18.4 Å². The van der Waals surface area contributed by atoms with Crippen LogP contribution in [0.25, 0.3) is 5.57 Å². The molecule has 4 heteroatoms. The van der Waals surface area contributed by atoms with Crippen LogP contribution >= 0.6 is 0 Å². The van der Waals surface area contributed by atoms with Crippen molar-refractivity contribution in [3.63, 3.8) is 0 Å². The van der Waals surface area contributed by atoms with E-state index in [0.717, 1.165) is 35.4 Å². The zero-order valence-electron chi connectivity index (χ0n) is 16.8. The van der Waals surface area contributed by atoms with Crippen molar-refractivity contribution in [3.05, 3.63) is 108 Å². The highest BCUT2D eigenvalue weighted by atomic mass is 16.5. The quantitative estimate of drug-likeness (QED) is 0.638. The Kier molecular flexibility index (Phi) is 6.38. The lowest BCUT2D eigenvalue weighted by Gasteiger charge is -2.24. The molecule has 0 saturated carbocycles. The number of amides is 1. The number of carbonyl (C=O) groups is 1. The summed E-state index contributed by atoms with van der Waals surface area (Å²) in [5.41, 5.74) is 11.7. The molecule has 4 rings (SSSR count). The van der Waals surface area contributed by atoms with Gasteiger partial charge in [-0.15, -0.1) is 0 Å². The van der Waals surface area contributed by atoms with Crippen LogP contribution in [0.3, 0.4) is 0 Å². The summed E-state index contributed by atoms with van der Waals surface area (Å²) in [6.45, 7) is 1.41. The van der Waals surface area contributed by atoms with Crippen LogP contribution in [0.5, 0.6) is 0 Å². The first-order valence-corrected chi connectivity index (χ1v) is 10.3. The van der Waals surface area contributed by atoms with Crippen LogP contribution in [-0.4, -0.2) is 25.2 Å². The first-order valence-electron chi connectivity index (χ1n) is 10.3. The van der Waals surface area contributed by atoms with Gasteiger partial charge in [-0.3, -0.25) is 4.79 Å². The Labute approximate surface area is 177 Å². The van der Waals surface area contributed by atoms with Gasteiger partial charge in [0.05, 0.1) is 19.3 Å². The van der Waals surface area contributed by atoms with E-state index in [9.17, 15) is 4.79 Å². The molecular formula is C26H26N2O2. The van der Waals surface area contributed by atoms with Crippen LogP contribution in [-0.2, 0) is 9.53 Å². The second-order valence-electron chi connectivity index (χ2n) is 7.45. The number of anilines is 1. The van der Waals surface area contributed by atoms with Crippen molar-refractivity contribution in [1.82, 2.24) is 0 Å². The minimum Gasteiger partial charge on any atom is -0.377 e. The molecule has 1 unspecified atom stereocenters. The average molecular weight is 399 g/mol. The maximum Gasteiger partial charge on any atom is 0.242 e.